The number of ether oxygens (including phenoxy) is 1. The van der Waals surface area contributed by atoms with E-state index in [1.807, 2.05) is 0 Å². The van der Waals surface area contributed by atoms with Crippen LogP contribution in [0.15, 0.2) is 45.8 Å². The van der Waals surface area contributed by atoms with E-state index in [1.165, 1.54) is 50.6 Å². The van der Waals surface area contributed by atoms with Crippen LogP contribution in [-0.4, -0.2) is 27.5 Å². The van der Waals surface area contributed by atoms with E-state index in [4.69, 9.17) is 4.74 Å². The van der Waals surface area contributed by atoms with E-state index in [0.29, 0.717) is 15.8 Å². The largest absolute Gasteiger partial charge is 0.496 e. The Bertz CT molecular complexity index is 899. The average molecular weight is 415 g/mol. The maximum absolute atomic E-state index is 12.8. The number of halogens is 1. The van der Waals surface area contributed by atoms with Gasteiger partial charge in [0, 0.05) is 19.2 Å². The number of hydrogen-bond acceptors (Lipinski definition) is 5. The summed E-state index contributed by atoms with van der Waals surface area (Å²) < 4.78 is 32.2. The number of sulfonamides is 1. The lowest BCUT2D eigenvalue weighted by Gasteiger charge is -2.21. The van der Waals surface area contributed by atoms with E-state index < -0.39 is 14.9 Å². The quantitative estimate of drug-likeness (QED) is 0.551. The highest BCUT2D eigenvalue weighted by molar-refractivity contribution is 9.10. The summed E-state index contributed by atoms with van der Waals surface area (Å²) in [5.74, 6) is 0.503. The van der Waals surface area contributed by atoms with E-state index in [0.717, 1.165) is 4.31 Å². The number of nitrogens with zero attached hydrogens (tertiary/aromatic N) is 2. The van der Waals surface area contributed by atoms with Crippen LogP contribution in [0.3, 0.4) is 0 Å². The minimum absolute atomic E-state index is 0.0450. The van der Waals surface area contributed by atoms with Crippen LogP contribution in [0.25, 0.3) is 0 Å². The Balaban J connectivity index is 2.52. The first-order chi connectivity index (χ1) is 11.2. The van der Waals surface area contributed by atoms with Gasteiger partial charge in [-0.3, -0.25) is 14.4 Å². The van der Waals surface area contributed by atoms with Gasteiger partial charge in [0.05, 0.1) is 27.1 Å². The van der Waals surface area contributed by atoms with Gasteiger partial charge in [-0.2, -0.15) is 0 Å². The van der Waals surface area contributed by atoms with Crippen LogP contribution in [0.5, 0.6) is 5.75 Å². The molecule has 0 atom stereocenters. The van der Waals surface area contributed by atoms with Gasteiger partial charge < -0.3 is 4.74 Å². The van der Waals surface area contributed by atoms with Gasteiger partial charge in [0.15, 0.2) is 0 Å². The van der Waals surface area contributed by atoms with Crippen LogP contribution < -0.4 is 9.04 Å². The summed E-state index contributed by atoms with van der Waals surface area (Å²) in [6.45, 7) is 1.69. The van der Waals surface area contributed by atoms with E-state index in [2.05, 4.69) is 15.9 Å². The zero-order valence-corrected chi connectivity index (χ0v) is 15.6. The Morgan fingerprint density at radius 1 is 1.21 bits per heavy atom. The molecule has 0 aromatic heterocycles. The lowest BCUT2D eigenvalue weighted by atomic mass is 10.2. The van der Waals surface area contributed by atoms with E-state index >= 15 is 0 Å². The highest BCUT2D eigenvalue weighted by atomic mass is 79.9. The van der Waals surface area contributed by atoms with Crippen LogP contribution in [-0.2, 0) is 10.0 Å². The molecule has 2 rings (SSSR count). The van der Waals surface area contributed by atoms with Gasteiger partial charge in [-0.15, -0.1) is 0 Å². The highest BCUT2D eigenvalue weighted by Gasteiger charge is 2.25. The molecule has 0 radical (unpaired) electrons. The number of benzene rings is 2. The second-order valence-corrected chi connectivity index (χ2v) is 7.82. The summed E-state index contributed by atoms with van der Waals surface area (Å²) in [5.41, 5.74) is 0.684. The molecular formula is C15H15BrN2O5S. The molecule has 0 saturated carbocycles. The van der Waals surface area contributed by atoms with Crippen molar-refractivity contribution in [1.29, 1.82) is 0 Å². The summed E-state index contributed by atoms with van der Waals surface area (Å²) in [6, 6.07) is 8.47. The average Bonchev–Trinajstić information content (AvgIpc) is 2.54. The lowest BCUT2D eigenvalue weighted by molar-refractivity contribution is -0.384. The topological polar surface area (TPSA) is 89.8 Å². The monoisotopic (exact) mass is 414 g/mol. The smallest absolute Gasteiger partial charge is 0.271 e. The number of aryl methyl sites for hydroxylation is 1. The zero-order chi connectivity index (χ0) is 18.1. The van der Waals surface area contributed by atoms with Crippen molar-refractivity contribution < 1.29 is 18.1 Å². The number of nitro groups is 1. The molecule has 9 heteroatoms. The van der Waals surface area contributed by atoms with Crippen LogP contribution in [0.1, 0.15) is 5.56 Å². The molecule has 0 amide bonds. The Hall–Kier alpha value is -2.13. The fourth-order valence-electron chi connectivity index (χ4n) is 2.15. The Kier molecular flexibility index (Phi) is 5.14. The first-order valence-electron chi connectivity index (χ1n) is 6.76. The normalized spacial score (nSPS) is 11.2. The lowest BCUT2D eigenvalue weighted by Crippen LogP contribution is -2.27. The summed E-state index contributed by atoms with van der Waals surface area (Å²) in [5, 5.41) is 10.9. The fraction of sp³-hybridized carbons (Fsp3) is 0.200. The summed E-state index contributed by atoms with van der Waals surface area (Å²) >= 11 is 3.25. The van der Waals surface area contributed by atoms with Crippen molar-refractivity contribution in [3.63, 3.8) is 0 Å². The van der Waals surface area contributed by atoms with Gasteiger partial charge >= 0.3 is 0 Å². The molecule has 0 aliphatic heterocycles. The minimum atomic E-state index is -3.88. The second-order valence-electron chi connectivity index (χ2n) is 5.00. The van der Waals surface area contributed by atoms with Crippen molar-refractivity contribution in [2.45, 2.75) is 11.8 Å². The molecule has 0 aliphatic rings. The predicted molar refractivity (Wildman–Crippen MR) is 94.1 cm³/mol. The molecule has 24 heavy (non-hydrogen) atoms. The van der Waals surface area contributed by atoms with Gasteiger partial charge in [0.25, 0.3) is 15.7 Å². The standard InChI is InChI=1S/C15H15BrN2O5S/c1-10-4-5-11(18(19)20)8-14(10)17(2)24(21,22)12-6-7-15(23-3)13(16)9-12/h4-9H,1-3H3. The zero-order valence-electron chi connectivity index (χ0n) is 13.2. The third kappa shape index (κ3) is 3.36. The van der Waals surface area contributed by atoms with E-state index in [1.54, 1.807) is 6.92 Å². The molecule has 0 N–H and O–H groups in total. The van der Waals surface area contributed by atoms with E-state index in [-0.39, 0.29) is 16.3 Å². The van der Waals surface area contributed by atoms with Crippen LogP contribution >= 0.6 is 15.9 Å². The first-order valence-corrected chi connectivity index (χ1v) is 8.99. The number of methoxy groups -OCH3 is 1. The molecule has 0 saturated heterocycles. The molecule has 128 valence electrons. The Labute approximate surface area is 148 Å². The number of non-ortho nitro benzene ring substituents is 1. The number of rotatable bonds is 5. The van der Waals surface area contributed by atoms with Crippen molar-refractivity contribution in [3.05, 3.63) is 56.5 Å². The van der Waals surface area contributed by atoms with Crippen molar-refractivity contribution in [2.24, 2.45) is 0 Å². The molecule has 2 aromatic carbocycles. The highest BCUT2D eigenvalue weighted by Crippen LogP contribution is 2.32. The third-order valence-electron chi connectivity index (χ3n) is 3.52. The van der Waals surface area contributed by atoms with Crippen molar-refractivity contribution in [1.82, 2.24) is 0 Å². The van der Waals surface area contributed by atoms with Crippen LogP contribution in [0.4, 0.5) is 11.4 Å². The fourth-order valence-corrected chi connectivity index (χ4v) is 4.12. The SMILES string of the molecule is COc1ccc(S(=O)(=O)N(C)c2cc([N+](=O)[O-])ccc2C)cc1Br. The van der Waals surface area contributed by atoms with Gasteiger partial charge in [-0.25, -0.2) is 8.42 Å². The van der Waals surface area contributed by atoms with Crippen molar-refractivity contribution >= 4 is 37.3 Å². The Morgan fingerprint density at radius 3 is 2.42 bits per heavy atom. The molecule has 0 aliphatic carbocycles. The number of anilines is 1. The molecule has 0 bridgehead atoms. The van der Waals surface area contributed by atoms with Gasteiger partial charge in [-0.1, -0.05) is 6.07 Å². The Morgan fingerprint density at radius 2 is 1.88 bits per heavy atom. The summed E-state index contributed by atoms with van der Waals surface area (Å²) in [7, 11) is -1.04. The molecular weight excluding hydrogens is 400 g/mol. The van der Waals surface area contributed by atoms with Crippen molar-refractivity contribution in [3.8, 4) is 5.75 Å². The summed E-state index contributed by atoms with van der Waals surface area (Å²) in [4.78, 5) is 10.4. The minimum Gasteiger partial charge on any atom is -0.496 e. The molecule has 0 spiro atoms. The van der Waals surface area contributed by atoms with Gasteiger partial charge in [0.2, 0.25) is 0 Å². The van der Waals surface area contributed by atoms with Gasteiger partial charge in [-0.05, 0) is 46.6 Å². The third-order valence-corrected chi connectivity index (χ3v) is 5.91. The van der Waals surface area contributed by atoms with Crippen molar-refractivity contribution in [2.75, 3.05) is 18.5 Å². The molecule has 7 nitrogen and oxygen atoms in total. The maximum Gasteiger partial charge on any atom is 0.271 e. The summed E-state index contributed by atoms with van der Waals surface area (Å²) in [6.07, 6.45) is 0. The van der Waals surface area contributed by atoms with Gasteiger partial charge in [0.1, 0.15) is 5.75 Å². The number of nitro benzene ring substituents is 1. The van der Waals surface area contributed by atoms with E-state index in [9.17, 15) is 18.5 Å². The van der Waals surface area contributed by atoms with Crippen LogP contribution in [0.2, 0.25) is 0 Å². The maximum atomic E-state index is 12.8. The second kappa shape index (κ2) is 6.78. The predicted octanol–water partition coefficient (Wildman–Crippen LogP) is 3.50. The molecule has 0 fully saturated rings. The number of hydrogen-bond donors (Lipinski definition) is 0. The molecule has 0 unspecified atom stereocenters. The molecule has 2 aromatic rings. The molecule has 0 heterocycles. The first kappa shape index (κ1) is 18.2. The van der Waals surface area contributed by atoms with Crippen LogP contribution in [0, 0.1) is 17.0 Å².